The summed E-state index contributed by atoms with van der Waals surface area (Å²) in [5.74, 6) is 0.542. The number of hydrogen-bond acceptors (Lipinski definition) is 2. The number of aryl methyl sites for hydroxylation is 1. The van der Waals surface area contributed by atoms with Crippen LogP contribution in [0.5, 0.6) is 0 Å². The van der Waals surface area contributed by atoms with Crippen LogP contribution in [0.3, 0.4) is 0 Å². The summed E-state index contributed by atoms with van der Waals surface area (Å²) >= 11 is 0. The van der Waals surface area contributed by atoms with Gasteiger partial charge < -0.3 is 10.4 Å². The maximum Gasteiger partial charge on any atom is 0.0434 e. The van der Waals surface area contributed by atoms with Crippen LogP contribution in [-0.4, -0.2) is 18.3 Å². The molecule has 1 aromatic carbocycles. The van der Waals surface area contributed by atoms with Gasteiger partial charge in [-0.3, -0.25) is 0 Å². The minimum Gasteiger partial charge on any atom is -0.396 e. The monoisotopic (exact) mass is 207 g/mol. The quantitative estimate of drug-likeness (QED) is 0.748. The lowest BCUT2D eigenvalue weighted by Crippen LogP contribution is -2.21. The van der Waals surface area contributed by atoms with E-state index in [0.717, 1.165) is 19.5 Å². The molecule has 2 heteroatoms. The van der Waals surface area contributed by atoms with Crippen molar-refractivity contribution >= 4 is 0 Å². The number of aliphatic hydroxyl groups excluding tert-OH is 1. The average molecular weight is 207 g/mol. The van der Waals surface area contributed by atoms with E-state index in [4.69, 9.17) is 5.11 Å². The molecule has 0 radical (unpaired) electrons. The van der Waals surface area contributed by atoms with E-state index < -0.39 is 0 Å². The van der Waals surface area contributed by atoms with Crippen LogP contribution < -0.4 is 5.32 Å². The average Bonchev–Trinajstić information content (AvgIpc) is 2.21. The van der Waals surface area contributed by atoms with Gasteiger partial charge in [0.1, 0.15) is 0 Å². The highest BCUT2D eigenvalue weighted by molar-refractivity contribution is 5.20. The molecule has 1 rings (SSSR count). The summed E-state index contributed by atoms with van der Waals surface area (Å²) < 4.78 is 0. The second-order valence-electron chi connectivity index (χ2n) is 4.23. The van der Waals surface area contributed by atoms with Crippen LogP contribution >= 0.6 is 0 Å². The molecule has 15 heavy (non-hydrogen) atoms. The molecule has 0 heterocycles. The number of aliphatic hydroxyl groups is 1. The lowest BCUT2D eigenvalue weighted by Gasteiger charge is -2.11. The van der Waals surface area contributed by atoms with Crippen molar-refractivity contribution in [3.05, 3.63) is 35.4 Å². The van der Waals surface area contributed by atoms with Gasteiger partial charge in [-0.2, -0.15) is 0 Å². The largest absolute Gasteiger partial charge is 0.396 e. The number of hydrogen-bond donors (Lipinski definition) is 2. The Bertz CT molecular complexity index is 268. The van der Waals surface area contributed by atoms with Crippen LogP contribution in [0.25, 0.3) is 0 Å². The van der Waals surface area contributed by atoms with Gasteiger partial charge in [0.2, 0.25) is 0 Å². The van der Waals surface area contributed by atoms with Crippen molar-refractivity contribution < 1.29 is 5.11 Å². The predicted octanol–water partition coefficient (Wildman–Crippen LogP) is 2.10. The van der Waals surface area contributed by atoms with Gasteiger partial charge in [0.05, 0.1) is 0 Å². The molecule has 84 valence electrons. The molecule has 2 N–H and O–H groups in total. The van der Waals surface area contributed by atoms with Gasteiger partial charge in [0.15, 0.2) is 0 Å². The molecule has 0 amide bonds. The highest BCUT2D eigenvalue weighted by atomic mass is 16.3. The van der Waals surface area contributed by atoms with Crippen LogP contribution in [-0.2, 0) is 6.54 Å². The molecule has 0 aliphatic rings. The van der Waals surface area contributed by atoms with Crippen molar-refractivity contribution in [1.29, 1.82) is 0 Å². The molecule has 0 aliphatic carbocycles. The molecule has 0 saturated carbocycles. The number of nitrogens with one attached hydrogen (secondary N) is 1. The molecule has 0 saturated heterocycles. The van der Waals surface area contributed by atoms with E-state index in [9.17, 15) is 0 Å². The third-order valence-electron chi connectivity index (χ3n) is 2.56. The zero-order valence-electron chi connectivity index (χ0n) is 9.66. The minimum absolute atomic E-state index is 0.285. The highest BCUT2D eigenvalue weighted by Crippen LogP contribution is 2.03. The van der Waals surface area contributed by atoms with Gasteiger partial charge in [-0.25, -0.2) is 0 Å². The Morgan fingerprint density at radius 2 is 1.93 bits per heavy atom. The summed E-state index contributed by atoms with van der Waals surface area (Å²) in [6.45, 7) is 6.41. The summed E-state index contributed by atoms with van der Waals surface area (Å²) in [6, 6.07) is 8.57. The van der Waals surface area contributed by atoms with E-state index >= 15 is 0 Å². The van der Waals surface area contributed by atoms with Crippen LogP contribution in [0.2, 0.25) is 0 Å². The molecule has 1 aromatic rings. The molecule has 0 bridgehead atoms. The Labute approximate surface area is 92.3 Å². The van der Waals surface area contributed by atoms with Crippen molar-refractivity contribution in [2.75, 3.05) is 13.2 Å². The van der Waals surface area contributed by atoms with Gasteiger partial charge in [0, 0.05) is 13.2 Å². The Kier molecular flexibility index (Phi) is 5.37. The maximum absolute atomic E-state index is 8.76. The van der Waals surface area contributed by atoms with Crippen molar-refractivity contribution in [1.82, 2.24) is 5.32 Å². The summed E-state index contributed by atoms with van der Waals surface area (Å²) in [4.78, 5) is 0. The zero-order valence-corrected chi connectivity index (χ0v) is 9.66. The van der Waals surface area contributed by atoms with E-state index in [-0.39, 0.29) is 6.61 Å². The first-order valence-corrected chi connectivity index (χ1v) is 5.59. The summed E-state index contributed by atoms with van der Waals surface area (Å²) in [7, 11) is 0. The molecule has 0 spiro atoms. The van der Waals surface area contributed by atoms with Gasteiger partial charge in [-0.05, 0) is 31.4 Å². The predicted molar refractivity (Wildman–Crippen MR) is 63.8 cm³/mol. The van der Waals surface area contributed by atoms with Gasteiger partial charge in [-0.1, -0.05) is 36.8 Å². The van der Waals surface area contributed by atoms with E-state index in [1.807, 2.05) is 0 Å². The molecule has 0 fully saturated rings. The van der Waals surface area contributed by atoms with Gasteiger partial charge in [0.25, 0.3) is 0 Å². The van der Waals surface area contributed by atoms with Crippen molar-refractivity contribution in [3.63, 3.8) is 0 Å². The van der Waals surface area contributed by atoms with E-state index in [2.05, 4.69) is 43.4 Å². The van der Waals surface area contributed by atoms with Crippen molar-refractivity contribution in [2.24, 2.45) is 5.92 Å². The standard InChI is InChI=1S/C13H21NO/c1-11-3-5-13(6-4-11)10-14-9-12(2)7-8-15/h3-6,12,14-15H,7-10H2,1-2H3. The molecule has 1 atom stereocenters. The Balaban J connectivity index is 2.22. The topological polar surface area (TPSA) is 32.3 Å². The fourth-order valence-corrected chi connectivity index (χ4v) is 1.49. The number of rotatable bonds is 6. The molecule has 1 unspecified atom stereocenters. The highest BCUT2D eigenvalue weighted by Gasteiger charge is 2.00. The molecular formula is C13H21NO. The fourth-order valence-electron chi connectivity index (χ4n) is 1.49. The second kappa shape index (κ2) is 6.59. The van der Waals surface area contributed by atoms with E-state index in [0.29, 0.717) is 5.92 Å². The first kappa shape index (κ1) is 12.2. The second-order valence-corrected chi connectivity index (χ2v) is 4.23. The zero-order chi connectivity index (χ0) is 11.1. The fraction of sp³-hybridized carbons (Fsp3) is 0.538. The van der Waals surface area contributed by atoms with Crippen LogP contribution in [0.15, 0.2) is 24.3 Å². The van der Waals surface area contributed by atoms with Crippen molar-refractivity contribution in [2.45, 2.75) is 26.8 Å². The smallest absolute Gasteiger partial charge is 0.0434 e. The third-order valence-corrected chi connectivity index (χ3v) is 2.56. The summed E-state index contributed by atoms with van der Waals surface area (Å²) in [5.41, 5.74) is 2.61. The molecule has 0 aromatic heterocycles. The molecule has 0 aliphatic heterocycles. The molecule has 2 nitrogen and oxygen atoms in total. The Morgan fingerprint density at radius 3 is 2.53 bits per heavy atom. The minimum atomic E-state index is 0.285. The first-order valence-electron chi connectivity index (χ1n) is 5.59. The Morgan fingerprint density at radius 1 is 1.27 bits per heavy atom. The SMILES string of the molecule is Cc1ccc(CNCC(C)CCO)cc1. The summed E-state index contributed by atoms with van der Waals surface area (Å²) in [6.07, 6.45) is 0.876. The first-order chi connectivity index (χ1) is 7.22. The Hall–Kier alpha value is -0.860. The molecular weight excluding hydrogens is 186 g/mol. The van der Waals surface area contributed by atoms with Crippen LogP contribution in [0.4, 0.5) is 0 Å². The third kappa shape index (κ3) is 4.96. The van der Waals surface area contributed by atoms with Crippen LogP contribution in [0.1, 0.15) is 24.5 Å². The number of benzene rings is 1. The van der Waals surface area contributed by atoms with E-state index in [1.54, 1.807) is 0 Å². The van der Waals surface area contributed by atoms with Crippen LogP contribution in [0, 0.1) is 12.8 Å². The normalized spacial score (nSPS) is 12.7. The lowest BCUT2D eigenvalue weighted by atomic mass is 10.1. The van der Waals surface area contributed by atoms with Gasteiger partial charge in [-0.15, -0.1) is 0 Å². The maximum atomic E-state index is 8.76. The van der Waals surface area contributed by atoms with Gasteiger partial charge >= 0.3 is 0 Å². The van der Waals surface area contributed by atoms with E-state index in [1.165, 1.54) is 11.1 Å². The van der Waals surface area contributed by atoms with Crippen molar-refractivity contribution in [3.8, 4) is 0 Å². The summed E-state index contributed by atoms with van der Waals surface area (Å²) in [5, 5.41) is 12.2. The lowest BCUT2D eigenvalue weighted by molar-refractivity contribution is 0.260.